The van der Waals surface area contributed by atoms with E-state index in [0.717, 1.165) is 25.9 Å². The summed E-state index contributed by atoms with van der Waals surface area (Å²) in [6.45, 7) is 1.96. The topological polar surface area (TPSA) is 50.2 Å². The Labute approximate surface area is 107 Å². The second kappa shape index (κ2) is 4.72. The number of nitrogens with one attached hydrogen (secondary N) is 1. The average Bonchev–Trinajstić information content (AvgIpc) is 3.08. The third kappa shape index (κ3) is 2.03. The Hall–Kier alpha value is -1.36. The van der Waals surface area contributed by atoms with E-state index in [-0.39, 0.29) is 5.91 Å². The lowest BCUT2D eigenvalue weighted by molar-refractivity contribution is 0.0704. The standard InChI is InChI=1S/C13H20N4O/c1-16-9-6-11(15-16)13(18)17-8-3-5-12(17)10-4-2-7-14-10/h6,9-10,12,14H,2-5,7-8H2,1H3. The highest BCUT2D eigenvalue weighted by Gasteiger charge is 2.36. The molecule has 5 heteroatoms. The number of amides is 1. The summed E-state index contributed by atoms with van der Waals surface area (Å²) in [5.41, 5.74) is 0.572. The van der Waals surface area contributed by atoms with Crippen LogP contribution in [-0.2, 0) is 7.05 Å². The number of carbonyl (C=O) groups is 1. The molecule has 3 rings (SSSR count). The third-order valence-electron chi connectivity index (χ3n) is 4.06. The van der Waals surface area contributed by atoms with Crippen molar-refractivity contribution in [1.29, 1.82) is 0 Å². The maximum atomic E-state index is 12.4. The van der Waals surface area contributed by atoms with E-state index in [2.05, 4.69) is 10.4 Å². The zero-order valence-corrected chi connectivity index (χ0v) is 10.8. The summed E-state index contributed by atoms with van der Waals surface area (Å²) in [7, 11) is 1.84. The van der Waals surface area contributed by atoms with Gasteiger partial charge in [-0.3, -0.25) is 9.48 Å². The molecule has 0 bridgehead atoms. The van der Waals surface area contributed by atoms with Crippen molar-refractivity contribution in [3.63, 3.8) is 0 Å². The van der Waals surface area contributed by atoms with E-state index in [1.807, 2.05) is 18.1 Å². The summed E-state index contributed by atoms with van der Waals surface area (Å²) in [6, 6.07) is 2.65. The van der Waals surface area contributed by atoms with Crippen LogP contribution in [0.1, 0.15) is 36.2 Å². The van der Waals surface area contributed by atoms with E-state index in [1.165, 1.54) is 12.8 Å². The Balaban J connectivity index is 1.75. The Morgan fingerprint density at radius 2 is 2.33 bits per heavy atom. The SMILES string of the molecule is Cn1ccc(C(=O)N2CCCC2C2CCCN2)n1. The molecule has 0 saturated carbocycles. The van der Waals surface area contributed by atoms with Crippen LogP contribution in [0.3, 0.4) is 0 Å². The minimum atomic E-state index is 0.0896. The van der Waals surface area contributed by atoms with E-state index in [0.29, 0.717) is 17.8 Å². The molecule has 2 saturated heterocycles. The molecule has 1 amide bonds. The molecule has 1 aromatic rings. The molecule has 5 nitrogen and oxygen atoms in total. The number of aromatic nitrogens is 2. The van der Waals surface area contributed by atoms with Crippen molar-refractivity contribution >= 4 is 5.91 Å². The van der Waals surface area contributed by atoms with Crippen LogP contribution >= 0.6 is 0 Å². The van der Waals surface area contributed by atoms with Crippen LogP contribution in [0.15, 0.2) is 12.3 Å². The number of likely N-dealkylation sites (tertiary alicyclic amines) is 1. The number of rotatable bonds is 2. The van der Waals surface area contributed by atoms with Crippen LogP contribution in [0, 0.1) is 0 Å². The molecule has 0 radical (unpaired) electrons. The third-order valence-corrected chi connectivity index (χ3v) is 4.06. The number of aryl methyl sites for hydroxylation is 1. The first-order valence-corrected chi connectivity index (χ1v) is 6.80. The van der Waals surface area contributed by atoms with Gasteiger partial charge in [-0.2, -0.15) is 5.10 Å². The molecule has 98 valence electrons. The highest BCUT2D eigenvalue weighted by molar-refractivity contribution is 5.92. The van der Waals surface area contributed by atoms with Crippen LogP contribution in [0.2, 0.25) is 0 Å². The summed E-state index contributed by atoms with van der Waals surface area (Å²) in [5.74, 6) is 0.0896. The molecule has 1 aromatic heterocycles. The molecule has 2 aliphatic heterocycles. The Morgan fingerprint density at radius 1 is 1.44 bits per heavy atom. The Kier molecular flexibility index (Phi) is 3.07. The summed E-state index contributed by atoms with van der Waals surface area (Å²) in [4.78, 5) is 14.5. The van der Waals surface area contributed by atoms with Crippen LogP contribution in [0.4, 0.5) is 0 Å². The zero-order valence-electron chi connectivity index (χ0n) is 10.8. The quantitative estimate of drug-likeness (QED) is 0.841. The molecule has 2 atom stereocenters. The zero-order chi connectivity index (χ0) is 12.5. The van der Waals surface area contributed by atoms with Gasteiger partial charge in [0.2, 0.25) is 0 Å². The molecule has 2 unspecified atom stereocenters. The van der Waals surface area contributed by atoms with E-state index < -0.39 is 0 Å². The van der Waals surface area contributed by atoms with E-state index >= 15 is 0 Å². The molecular formula is C13H20N4O. The Bertz CT molecular complexity index is 436. The van der Waals surface area contributed by atoms with Gasteiger partial charge in [0.05, 0.1) is 0 Å². The summed E-state index contributed by atoms with van der Waals surface area (Å²) < 4.78 is 1.69. The smallest absolute Gasteiger partial charge is 0.274 e. The molecule has 18 heavy (non-hydrogen) atoms. The summed E-state index contributed by atoms with van der Waals surface area (Å²) in [6.07, 6.45) is 6.48. The van der Waals surface area contributed by atoms with Gasteiger partial charge in [0.15, 0.2) is 0 Å². The molecule has 0 aliphatic carbocycles. The second-order valence-corrected chi connectivity index (χ2v) is 5.29. The minimum Gasteiger partial charge on any atom is -0.333 e. The predicted octanol–water partition coefficient (Wildman–Crippen LogP) is 0.777. The van der Waals surface area contributed by atoms with Gasteiger partial charge in [0.25, 0.3) is 5.91 Å². The summed E-state index contributed by atoms with van der Waals surface area (Å²) >= 11 is 0. The lowest BCUT2D eigenvalue weighted by atomic mass is 10.0. The maximum absolute atomic E-state index is 12.4. The van der Waals surface area contributed by atoms with Crippen molar-refractivity contribution in [2.45, 2.75) is 37.8 Å². The second-order valence-electron chi connectivity index (χ2n) is 5.29. The normalized spacial score (nSPS) is 27.9. The van der Waals surface area contributed by atoms with Crippen molar-refractivity contribution in [1.82, 2.24) is 20.0 Å². The van der Waals surface area contributed by atoms with Gasteiger partial charge in [-0.1, -0.05) is 0 Å². The monoisotopic (exact) mass is 248 g/mol. The molecule has 2 fully saturated rings. The van der Waals surface area contributed by atoms with Gasteiger partial charge in [-0.25, -0.2) is 0 Å². The number of nitrogens with zero attached hydrogens (tertiary/aromatic N) is 3. The molecule has 2 aliphatic rings. The first-order chi connectivity index (χ1) is 8.75. The summed E-state index contributed by atoms with van der Waals surface area (Å²) in [5, 5.41) is 7.74. The van der Waals surface area contributed by atoms with Crippen LogP contribution in [-0.4, -0.2) is 45.8 Å². The van der Waals surface area contributed by atoms with Gasteiger partial charge in [-0.15, -0.1) is 0 Å². The minimum absolute atomic E-state index is 0.0896. The highest BCUT2D eigenvalue weighted by Crippen LogP contribution is 2.26. The highest BCUT2D eigenvalue weighted by atomic mass is 16.2. The number of hydrogen-bond acceptors (Lipinski definition) is 3. The fourth-order valence-corrected chi connectivity index (χ4v) is 3.18. The Morgan fingerprint density at radius 3 is 3.00 bits per heavy atom. The van der Waals surface area contributed by atoms with Crippen LogP contribution in [0.5, 0.6) is 0 Å². The largest absolute Gasteiger partial charge is 0.333 e. The van der Waals surface area contributed by atoms with Gasteiger partial charge in [0, 0.05) is 31.9 Å². The molecule has 0 spiro atoms. The fraction of sp³-hybridized carbons (Fsp3) is 0.692. The first kappa shape index (κ1) is 11.7. The van der Waals surface area contributed by atoms with Crippen molar-refractivity contribution < 1.29 is 4.79 Å². The molecule has 3 heterocycles. The predicted molar refractivity (Wildman–Crippen MR) is 68.3 cm³/mol. The lowest BCUT2D eigenvalue weighted by Crippen LogP contribution is -2.46. The van der Waals surface area contributed by atoms with Gasteiger partial charge in [0.1, 0.15) is 5.69 Å². The van der Waals surface area contributed by atoms with Crippen molar-refractivity contribution in [3.8, 4) is 0 Å². The first-order valence-electron chi connectivity index (χ1n) is 6.80. The van der Waals surface area contributed by atoms with Gasteiger partial charge >= 0.3 is 0 Å². The van der Waals surface area contributed by atoms with Crippen molar-refractivity contribution in [3.05, 3.63) is 18.0 Å². The molecule has 1 N–H and O–H groups in total. The van der Waals surface area contributed by atoms with Crippen LogP contribution < -0.4 is 5.32 Å². The van der Waals surface area contributed by atoms with Crippen LogP contribution in [0.25, 0.3) is 0 Å². The number of carbonyl (C=O) groups excluding carboxylic acids is 1. The van der Waals surface area contributed by atoms with Gasteiger partial charge < -0.3 is 10.2 Å². The van der Waals surface area contributed by atoms with E-state index in [1.54, 1.807) is 10.7 Å². The molecule has 0 aromatic carbocycles. The number of hydrogen-bond donors (Lipinski definition) is 1. The van der Waals surface area contributed by atoms with Crippen molar-refractivity contribution in [2.24, 2.45) is 7.05 Å². The van der Waals surface area contributed by atoms with E-state index in [9.17, 15) is 4.79 Å². The fourth-order valence-electron chi connectivity index (χ4n) is 3.18. The van der Waals surface area contributed by atoms with Gasteiger partial charge in [-0.05, 0) is 38.3 Å². The average molecular weight is 248 g/mol. The van der Waals surface area contributed by atoms with Crippen molar-refractivity contribution in [2.75, 3.05) is 13.1 Å². The molecular weight excluding hydrogens is 228 g/mol. The van der Waals surface area contributed by atoms with E-state index in [4.69, 9.17) is 0 Å². The lowest BCUT2D eigenvalue weighted by Gasteiger charge is -2.29. The maximum Gasteiger partial charge on any atom is 0.274 e.